The summed E-state index contributed by atoms with van der Waals surface area (Å²) in [6, 6.07) is 7.68. The molecule has 1 saturated heterocycles. The van der Waals surface area contributed by atoms with Crippen molar-refractivity contribution < 1.29 is 14.3 Å². The molecular formula is C16H23N3O3S. The molecule has 1 fully saturated rings. The third-order valence-electron chi connectivity index (χ3n) is 3.53. The molecule has 3 N–H and O–H groups in total. The summed E-state index contributed by atoms with van der Waals surface area (Å²) in [6.07, 6.45) is 0.415. The second-order valence-corrected chi connectivity index (χ2v) is 6.48. The Morgan fingerprint density at radius 3 is 2.70 bits per heavy atom. The molecule has 1 heterocycles. The molecular weight excluding hydrogens is 314 g/mol. The minimum Gasteiger partial charge on any atom is -0.497 e. The van der Waals surface area contributed by atoms with Crippen molar-refractivity contribution in [2.24, 2.45) is 0 Å². The summed E-state index contributed by atoms with van der Waals surface area (Å²) < 4.78 is 5.08. The Labute approximate surface area is 140 Å². The molecule has 126 valence electrons. The van der Waals surface area contributed by atoms with Gasteiger partial charge in [0, 0.05) is 37.1 Å². The molecule has 1 aromatic carbocycles. The van der Waals surface area contributed by atoms with Gasteiger partial charge >= 0.3 is 0 Å². The maximum atomic E-state index is 11.8. The lowest BCUT2D eigenvalue weighted by Gasteiger charge is -2.22. The zero-order chi connectivity index (χ0) is 16.5. The smallest absolute Gasteiger partial charge is 0.239 e. The number of thioether (sulfide) groups is 1. The Morgan fingerprint density at radius 2 is 2.04 bits per heavy atom. The highest BCUT2D eigenvalue weighted by Crippen LogP contribution is 2.11. The van der Waals surface area contributed by atoms with Gasteiger partial charge in [0.15, 0.2) is 0 Å². The zero-order valence-corrected chi connectivity index (χ0v) is 14.1. The molecule has 2 rings (SSSR count). The van der Waals surface area contributed by atoms with E-state index in [-0.39, 0.29) is 24.4 Å². The van der Waals surface area contributed by atoms with E-state index in [1.54, 1.807) is 7.11 Å². The first kappa shape index (κ1) is 17.6. The third kappa shape index (κ3) is 6.50. The number of methoxy groups -OCH3 is 1. The Balaban J connectivity index is 1.62. The first-order chi connectivity index (χ1) is 11.2. The van der Waals surface area contributed by atoms with E-state index in [2.05, 4.69) is 16.0 Å². The van der Waals surface area contributed by atoms with Crippen molar-refractivity contribution in [3.63, 3.8) is 0 Å². The number of nitrogens with one attached hydrogen (secondary N) is 3. The lowest BCUT2D eigenvalue weighted by Crippen LogP contribution is -2.43. The number of carbonyl (C=O) groups excluding carboxylic acids is 2. The zero-order valence-electron chi connectivity index (χ0n) is 13.3. The number of rotatable bonds is 7. The fraction of sp³-hybridized carbons (Fsp3) is 0.500. The van der Waals surface area contributed by atoms with Crippen LogP contribution in [-0.2, 0) is 16.1 Å². The lowest BCUT2D eigenvalue weighted by molar-refractivity contribution is -0.126. The van der Waals surface area contributed by atoms with Crippen LogP contribution in [0.2, 0.25) is 0 Å². The van der Waals surface area contributed by atoms with Gasteiger partial charge in [0.2, 0.25) is 11.8 Å². The Kier molecular flexibility index (Phi) is 7.22. The highest BCUT2D eigenvalue weighted by atomic mass is 32.2. The van der Waals surface area contributed by atoms with E-state index in [9.17, 15) is 9.59 Å². The Hall–Kier alpha value is -1.73. The number of carbonyl (C=O) groups is 2. The lowest BCUT2D eigenvalue weighted by atomic mass is 10.2. The minimum absolute atomic E-state index is 0.00878. The number of benzene rings is 1. The molecule has 1 atom stereocenters. The van der Waals surface area contributed by atoms with Crippen LogP contribution in [0.15, 0.2) is 24.3 Å². The molecule has 23 heavy (non-hydrogen) atoms. The van der Waals surface area contributed by atoms with Gasteiger partial charge in [0.05, 0.1) is 13.7 Å². The van der Waals surface area contributed by atoms with Crippen LogP contribution in [0.25, 0.3) is 0 Å². The SMILES string of the molecule is COc1ccc(CNC(=O)CNC(=O)CC2CSCCN2)cc1. The van der Waals surface area contributed by atoms with Gasteiger partial charge in [-0.15, -0.1) is 0 Å². The van der Waals surface area contributed by atoms with Gasteiger partial charge in [-0.25, -0.2) is 0 Å². The Morgan fingerprint density at radius 1 is 1.26 bits per heavy atom. The molecule has 1 aliphatic heterocycles. The monoisotopic (exact) mass is 337 g/mol. The maximum absolute atomic E-state index is 11.8. The molecule has 2 amide bonds. The topological polar surface area (TPSA) is 79.5 Å². The van der Waals surface area contributed by atoms with Crippen LogP contribution in [-0.4, -0.2) is 49.6 Å². The third-order valence-corrected chi connectivity index (χ3v) is 4.66. The van der Waals surface area contributed by atoms with E-state index in [4.69, 9.17) is 4.74 Å². The van der Waals surface area contributed by atoms with E-state index in [0.29, 0.717) is 13.0 Å². The Bertz CT molecular complexity index is 516. The second-order valence-electron chi connectivity index (χ2n) is 5.33. The van der Waals surface area contributed by atoms with Crippen LogP contribution >= 0.6 is 11.8 Å². The van der Waals surface area contributed by atoms with Crippen LogP contribution in [0.1, 0.15) is 12.0 Å². The van der Waals surface area contributed by atoms with Crippen molar-refractivity contribution in [1.82, 2.24) is 16.0 Å². The summed E-state index contributed by atoms with van der Waals surface area (Å²) in [5, 5.41) is 8.75. The van der Waals surface area contributed by atoms with E-state index in [0.717, 1.165) is 29.4 Å². The summed E-state index contributed by atoms with van der Waals surface area (Å²) >= 11 is 1.85. The highest BCUT2D eigenvalue weighted by molar-refractivity contribution is 7.99. The summed E-state index contributed by atoms with van der Waals surface area (Å²) in [6.45, 7) is 1.37. The molecule has 0 saturated carbocycles. The van der Waals surface area contributed by atoms with Crippen molar-refractivity contribution in [3.05, 3.63) is 29.8 Å². The van der Waals surface area contributed by atoms with E-state index < -0.39 is 0 Å². The maximum Gasteiger partial charge on any atom is 0.239 e. The van der Waals surface area contributed by atoms with Gasteiger partial charge in [0.25, 0.3) is 0 Å². The largest absolute Gasteiger partial charge is 0.497 e. The van der Waals surface area contributed by atoms with Crippen LogP contribution in [0, 0.1) is 0 Å². The predicted molar refractivity (Wildman–Crippen MR) is 91.6 cm³/mol. The molecule has 0 radical (unpaired) electrons. The molecule has 0 aromatic heterocycles. The van der Waals surface area contributed by atoms with E-state index in [1.807, 2.05) is 36.0 Å². The molecule has 0 aliphatic carbocycles. The molecule has 1 aromatic rings. The second kappa shape index (κ2) is 9.42. The summed E-state index contributed by atoms with van der Waals surface area (Å²) in [5.41, 5.74) is 0.980. The van der Waals surface area contributed by atoms with E-state index >= 15 is 0 Å². The van der Waals surface area contributed by atoms with Crippen LogP contribution in [0.4, 0.5) is 0 Å². The quantitative estimate of drug-likeness (QED) is 0.676. The number of hydrogen-bond acceptors (Lipinski definition) is 5. The molecule has 1 unspecified atom stereocenters. The average Bonchev–Trinajstić information content (AvgIpc) is 2.59. The number of hydrogen-bond donors (Lipinski definition) is 3. The summed E-state index contributed by atoms with van der Waals surface area (Å²) in [5.74, 6) is 2.52. The average molecular weight is 337 g/mol. The van der Waals surface area contributed by atoms with Gasteiger partial charge in [-0.1, -0.05) is 12.1 Å². The van der Waals surface area contributed by atoms with Crippen molar-refractivity contribution in [1.29, 1.82) is 0 Å². The standard InChI is InChI=1S/C16H23N3O3S/c1-22-14-4-2-12(3-5-14)9-18-16(21)10-19-15(20)8-13-11-23-7-6-17-13/h2-5,13,17H,6-11H2,1H3,(H,18,21)(H,19,20). The van der Waals surface area contributed by atoms with Gasteiger partial charge in [0.1, 0.15) is 5.75 Å². The first-order valence-corrected chi connectivity index (χ1v) is 8.80. The van der Waals surface area contributed by atoms with E-state index in [1.165, 1.54) is 0 Å². The van der Waals surface area contributed by atoms with Gasteiger partial charge < -0.3 is 20.7 Å². The van der Waals surface area contributed by atoms with Crippen molar-refractivity contribution in [3.8, 4) is 5.75 Å². The first-order valence-electron chi connectivity index (χ1n) is 7.65. The number of ether oxygens (including phenoxy) is 1. The van der Waals surface area contributed by atoms with Crippen molar-refractivity contribution in [2.75, 3.05) is 31.7 Å². The fourth-order valence-electron chi connectivity index (χ4n) is 2.23. The highest BCUT2D eigenvalue weighted by Gasteiger charge is 2.16. The minimum atomic E-state index is -0.194. The predicted octanol–water partition coefficient (Wildman–Crippen LogP) is 0.523. The molecule has 0 bridgehead atoms. The van der Waals surface area contributed by atoms with Crippen LogP contribution < -0.4 is 20.7 Å². The van der Waals surface area contributed by atoms with Gasteiger partial charge in [-0.05, 0) is 17.7 Å². The van der Waals surface area contributed by atoms with Gasteiger partial charge in [-0.2, -0.15) is 11.8 Å². The van der Waals surface area contributed by atoms with Crippen molar-refractivity contribution in [2.45, 2.75) is 19.0 Å². The normalized spacial score (nSPS) is 17.3. The molecule has 6 nitrogen and oxygen atoms in total. The summed E-state index contributed by atoms with van der Waals surface area (Å²) in [7, 11) is 1.61. The summed E-state index contributed by atoms with van der Waals surface area (Å²) in [4.78, 5) is 23.6. The molecule has 1 aliphatic rings. The number of amides is 2. The van der Waals surface area contributed by atoms with Crippen LogP contribution in [0.5, 0.6) is 5.75 Å². The fourth-order valence-corrected chi connectivity index (χ4v) is 3.18. The molecule has 7 heteroatoms. The van der Waals surface area contributed by atoms with Gasteiger partial charge in [-0.3, -0.25) is 9.59 Å². The van der Waals surface area contributed by atoms with Crippen LogP contribution in [0.3, 0.4) is 0 Å². The van der Waals surface area contributed by atoms with Crippen molar-refractivity contribution >= 4 is 23.6 Å². The molecule has 0 spiro atoms.